The summed E-state index contributed by atoms with van der Waals surface area (Å²) in [5.74, 6) is 0.174. The third-order valence-electron chi connectivity index (χ3n) is 2.26. The van der Waals surface area contributed by atoms with Crippen molar-refractivity contribution in [1.29, 1.82) is 0 Å². The molecule has 0 amide bonds. The first-order chi connectivity index (χ1) is 7.54. The van der Waals surface area contributed by atoms with E-state index in [0.717, 1.165) is 32.5 Å². The van der Waals surface area contributed by atoms with Gasteiger partial charge in [0.05, 0.1) is 14.1 Å². The first kappa shape index (κ1) is 14.4. The molecule has 0 aliphatic heterocycles. The molecule has 1 rings (SSSR count). The minimum absolute atomic E-state index is 0.174. The maximum Gasteiger partial charge on any atom is 0.178 e. The van der Waals surface area contributed by atoms with Gasteiger partial charge in [-0.3, -0.25) is 9.69 Å². The summed E-state index contributed by atoms with van der Waals surface area (Å²) < 4.78 is 1.90. The first-order valence-corrected chi connectivity index (χ1v) is 7.61. The lowest BCUT2D eigenvalue weighted by molar-refractivity contribution is 0.0945. The van der Waals surface area contributed by atoms with Gasteiger partial charge in [-0.25, -0.2) is 0 Å². The molecule has 2 nitrogen and oxygen atoms in total. The van der Waals surface area contributed by atoms with Crippen LogP contribution in [0.15, 0.2) is 13.6 Å². The van der Waals surface area contributed by atoms with E-state index < -0.39 is 0 Å². The van der Waals surface area contributed by atoms with Crippen molar-refractivity contribution in [1.82, 2.24) is 4.90 Å². The van der Waals surface area contributed by atoms with Crippen LogP contribution in [-0.2, 0) is 0 Å². The summed E-state index contributed by atoms with van der Waals surface area (Å²) >= 11 is 8.33. The number of hydrogen-bond donors (Lipinski definition) is 0. The number of Topliss-reactive ketones (excluding diaryl/α,β-unsaturated/α-hetero) is 1. The van der Waals surface area contributed by atoms with Gasteiger partial charge in [0.1, 0.15) is 0 Å². The summed E-state index contributed by atoms with van der Waals surface area (Å²) in [6.45, 7) is 3.62. The second-order valence-corrected chi connectivity index (χ2v) is 7.50. The molecule has 1 heterocycles. The van der Waals surface area contributed by atoms with Gasteiger partial charge in [0.2, 0.25) is 0 Å². The SMILES string of the molecule is CCCCN(C)CC(=O)c1cc(Br)sc1Br. The van der Waals surface area contributed by atoms with Gasteiger partial charge in [0, 0.05) is 5.56 Å². The molecule has 16 heavy (non-hydrogen) atoms. The van der Waals surface area contributed by atoms with Gasteiger partial charge in [-0.2, -0.15) is 0 Å². The van der Waals surface area contributed by atoms with Crippen LogP contribution in [0.1, 0.15) is 30.1 Å². The lowest BCUT2D eigenvalue weighted by atomic mass is 10.2. The van der Waals surface area contributed by atoms with Crippen molar-refractivity contribution in [3.63, 3.8) is 0 Å². The van der Waals surface area contributed by atoms with Crippen molar-refractivity contribution in [3.05, 3.63) is 19.2 Å². The molecule has 1 aromatic heterocycles. The van der Waals surface area contributed by atoms with Gasteiger partial charge in [0.25, 0.3) is 0 Å². The predicted octanol–water partition coefficient (Wildman–Crippen LogP) is 4.19. The van der Waals surface area contributed by atoms with E-state index in [0.29, 0.717) is 6.54 Å². The van der Waals surface area contributed by atoms with Crippen LogP contribution in [0.25, 0.3) is 0 Å². The summed E-state index contributed by atoms with van der Waals surface area (Å²) in [5, 5.41) is 0. The Morgan fingerprint density at radius 3 is 2.69 bits per heavy atom. The lowest BCUT2D eigenvalue weighted by Crippen LogP contribution is -2.26. The largest absolute Gasteiger partial charge is 0.299 e. The Balaban J connectivity index is 2.55. The fourth-order valence-corrected chi connectivity index (χ4v) is 4.22. The molecule has 0 saturated heterocycles. The van der Waals surface area contributed by atoms with E-state index in [4.69, 9.17) is 0 Å². The van der Waals surface area contributed by atoms with Crippen molar-refractivity contribution in [2.75, 3.05) is 20.1 Å². The number of unbranched alkanes of at least 4 members (excludes halogenated alkanes) is 1. The molecule has 0 aliphatic carbocycles. The highest BCUT2D eigenvalue weighted by atomic mass is 79.9. The van der Waals surface area contributed by atoms with Crippen LogP contribution in [0, 0.1) is 0 Å². The highest BCUT2D eigenvalue weighted by molar-refractivity contribution is 9.12. The zero-order valence-electron chi connectivity index (χ0n) is 9.43. The zero-order valence-corrected chi connectivity index (χ0v) is 13.4. The highest BCUT2D eigenvalue weighted by Crippen LogP contribution is 2.32. The molecule has 0 saturated carbocycles. The molecular weight excluding hydrogens is 354 g/mol. The van der Waals surface area contributed by atoms with E-state index in [9.17, 15) is 4.79 Å². The van der Waals surface area contributed by atoms with Crippen molar-refractivity contribution in [3.8, 4) is 0 Å². The quantitative estimate of drug-likeness (QED) is 0.701. The molecule has 1 aromatic rings. The Morgan fingerprint density at radius 2 is 2.19 bits per heavy atom. The molecule has 0 aromatic carbocycles. The Hall–Kier alpha value is 0.290. The monoisotopic (exact) mass is 367 g/mol. The van der Waals surface area contributed by atoms with Crippen LogP contribution in [0.5, 0.6) is 0 Å². The second-order valence-electron chi connectivity index (χ2n) is 3.75. The van der Waals surface area contributed by atoms with Gasteiger partial charge in [0.15, 0.2) is 5.78 Å². The number of carbonyl (C=O) groups is 1. The second kappa shape index (κ2) is 6.89. The van der Waals surface area contributed by atoms with Crippen molar-refractivity contribution in [2.45, 2.75) is 19.8 Å². The topological polar surface area (TPSA) is 20.3 Å². The Morgan fingerprint density at radius 1 is 1.50 bits per heavy atom. The molecule has 90 valence electrons. The summed E-state index contributed by atoms with van der Waals surface area (Å²) in [5.41, 5.74) is 0.778. The molecule has 0 N–H and O–H groups in total. The summed E-state index contributed by atoms with van der Waals surface area (Å²) in [6.07, 6.45) is 2.30. The Bertz CT molecular complexity index is 365. The average molecular weight is 369 g/mol. The van der Waals surface area contributed by atoms with E-state index in [2.05, 4.69) is 43.7 Å². The van der Waals surface area contributed by atoms with Gasteiger partial charge in [-0.1, -0.05) is 13.3 Å². The average Bonchev–Trinajstić information content (AvgIpc) is 2.54. The Labute approximate surface area is 117 Å². The molecule has 0 atom stereocenters. The standard InChI is InChI=1S/C11H15Br2NOS/c1-3-4-5-14(2)7-9(15)8-6-10(12)16-11(8)13/h6H,3-5,7H2,1-2H3. The summed E-state index contributed by atoms with van der Waals surface area (Å²) in [4.78, 5) is 14.0. The molecule has 5 heteroatoms. The third-order valence-corrected chi connectivity index (χ3v) is 4.60. The molecule has 0 aliphatic rings. The minimum Gasteiger partial charge on any atom is -0.299 e. The number of hydrogen-bond acceptors (Lipinski definition) is 3. The summed E-state index contributed by atoms with van der Waals surface area (Å²) in [6, 6.07) is 1.88. The Kier molecular flexibility index (Phi) is 6.18. The normalized spacial score (nSPS) is 11.1. The van der Waals surface area contributed by atoms with Gasteiger partial charge < -0.3 is 0 Å². The van der Waals surface area contributed by atoms with E-state index in [1.807, 2.05) is 13.1 Å². The third kappa shape index (κ3) is 4.28. The summed E-state index contributed by atoms with van der Waals surface area (Å²) in [7, 11) is 1.99. The number of ketones is 1. The van der Waals surface area contributed by atoms with Gasteiger partial charge in [-0.05, 0) is 57.9 Å². The van der Waals surface area contributed by atoms with Crippen LogP contribution in [-0.4, -0.2) is 30.8 Å². The van der Waals surface area contributed by atoms with Gasteiger partial charge in [-0.15, -0.1) is 11.3 Å². The van der Waals surface area contributed by atoms with Crippen LogP contribution in [0.3, 0.4) is 0 Å². The van der Waals surface area contributed by atoms with Crippen molar-refractivity contribution >= 4 is 49.0 Å². The zero-order chi connectivity index (χ0) is 12.1. The van der Waals surface area contributed by atoms with E-state index in [1.165, 1.54) is 11.3 Å². The molecule has 0 radical (unpaired) electrons. The number of carbonyl (C=O) groups excluding carboxylic acids is 1. The first-order valence-electron chi connectivity index (χ1n) is 5.21. The van der Waals surface area contributed by atoms with E-state index >= 15 is 0 Å². The lowest BCUT2D eigenvalue weighted by Gasteiger charge is -2.14. The number of likely N-dealkylation sites (N-methyl/N-ethyl adjacent to an activating group) is 1. The highest BCUT2D eigenvalue weighted by Gasteiger charge is 2.15. The van der Waals surface area contributed by atoms with Crippen molar-refractivity contribution < 1.29 is 4.79 Å². The van der Waals surface area contributed by atoms with Crippen LogP contribution in [0.4, 0.5) is 0 Å². The van der Waals surface area contributed by atoms with Crippen LogP contribution >= 0.6 is 43.2 Å². The smallest absolute Gasteiger partial charge is 0.178 e. The molecule has 0 bridgehead atoms. The minimum atomic E-state index is 0.174. The van der Waals surface area contributed by atoms with Crippen LogP contribution in [0.2, 0.25) is 0 Å². The fraction of sp³-hybridized carbons (Fsp3) is 0.545. The van der Waals surface area contributed by atoms with Crippen LogP contribution < -0.4 is 0 Å². The van der Waals surface area contributed by atoms with E-state index in [-0.39, 0.29) is 5.78 Å². The number of halogens is 2. The maximum absolute atomic E-state index is 12.0. The number of nitrogens with zero attached hydrogens (tertiary/aromatic N) is 1. The fourth-order valence-electron chi connectivity index (χ4n) is 1.37. The molecule has 0 spiro atoms. The maximum atomic E-state index is 12.0. The van der Waals surface area contributed by atoms with Crippen molar-refractivity contribution in [2.24, 2.45) is 0 Å². The molecular formula is C11H15Br2NOS. The molecule has 0 unspecified atom stereocenters. The van der Waals surface area contributed by atoms with E-state index in [1.54, 1.807) is 0 Å². The molecule has 0 fully saturated rings. The number of rotatable bonds is 6. The van der Waals surface area contributed by atoms with Gasteiger partial charge >= 0.3 is 0 Å². The number of thiophene rings is 1. The predicted molar refractivity (Wildman–Crippen MR) is 76.5 cm³/mol.